The van der Waals surface area contributed by atoms with Gasteiger partial charge in [0.25, 0.3) is 0 Å². The maximum atomic E-state index is 9.94. The summed E-state index contributed by atoms with van der Waals surface area (Å²) >= 11 is 0. The Balaban J connectivity index is 2.02. The summed E-state index contributed by atoms with van der Waals surface area (Å²) in [5.74, 6) is 0.793. The minimum Gasteiger partial charge on any atom is -0.392 e. The Labute approximate surface area is 101 Å². The van der Waals surface area contributed by atoms with Gasteiger partial charge in [-0.1, -0.05) is 19.0 Å². The number of morpholine rings is 1. The van der Waals surface area contributed by atoms with Crippen LogP contribution in [0.15, 0.2) is 10.9 Å². The topological polar surface area (TPSA) is 71.6 Å². The minimum atomic E-state index is -0.349. The number of aliphatic hydroxyl groups excluding tert-OH is 1. The Bertz CT molecular complexity index is 329. The number of aliphatic hydroxyl groups is 1. The van der Waals surface area contributed by atoms with Crippen LogP contribution in [-0.2, 0) is 4.74 Å². The monoisotopic (exact) mass is 241 g/mol. The number of rotatable bonds is 4. The molecular formula is C11H19N3O3. The zero-order valence-corrected chi connectivity index (χ0v) is 10.2. The molecule has 2 atom stereocenters. The second-order valence-corrected chi connectivity index (χ2v) is 4.68. The molecule has 0 saturated carbocycles. The maximum absolute atomic E-state index is 9.94. The number of aromatic nitrogens is 2. The summed E-state index contributed by atoms with van der Waals surface area (Å²) in [5, 5.41) is 13.6. The summed E-state index contributed by atoms with van der Waals surface area (Å²) in [5.41, 5.74) is 0. The number of hydrogen-bond donors (Lipinski definition) is 1. The highest BCUT2D eigenvalue weighted by molar-refractivity contribution is 4.91. The highest BCUT2D eigenvalue weighted by Gasteiger charge is 2.30. The number of ether oxygens (including phenoxy) is 1. The lowest BCUT2D eigenvalue weighted by molar-refractivity contribution is -0.0435. The second kappa shape index (κ2) is 5.57. The van der Waals surface area contributed by atoms with Gasteiger partial charge >= 0.3 is 0 Å². The molecule has 6 heteroatoms. The average molecular weight is 241 g/mol. The van der Waals surface area contributed by atoms with E-state index in [-0.39, 0.29) is 18.1 Å². The Kier molecular flexibility index (Phi) is 4.09. The molecule has 0 amide bonds. The standard InChI is InChI=1S/C11H19N3O3/c1-8(2)10(15)5-14-3-4-16-6-9(14)11-12-7-13-17-11/h7-10,15H,3-6H2,1-2H3. The van der Waals surface area contributed by atoms with Gasteiger partial charge in [0.15, 0.2) is 6.33 Å². The van der Waals surface area contributed by atoms with Crippen molar-refractivity contribution < 1.29 is 14.4 Å². The maximum Gasteiger partial charge on any atom is 0.246 e. The molecule has 0 bridgehead atoms. The van der Waals surface area contributed by atoms with Crippen LogP contribution in [0.4, 0.5) is 0 Å². The molecule has 1 aliphatic rings. The van der Waals surface area contributed by atoms with E-state index in [0.717, 1.165) is 6.54 Å². The molecule has 2 rings (SSSR count). The van der Waals surface area contributed by atoms with E-state index in [1.54, 1.807) is 0 Å². The molecule has 1 saturated heterocycles. The third kappa shape index (κ3) is 3.02. The Morgan fingerprint density at radius 1 is 1.59 bits per heavy atom. The predicted octanol–water partition coefficient (Wildman–Crippen LogP) is 0.460. The van der Waals surface area contributed by atoms with Crippen LogP contribution in [0.2, 0.25) is 0 Å². The van der Waals surface area contributed by atoms with E-state index >= 15 is 0 Å². The zero-order chi connectivity index (χ0) is 12.3. The highest BCUT2D eigenvalue weighted by atomic mass is 16.5. The summed E-state index contributed by atoms with van der Waals surface area (Å²) in [6.45, 7) is 6.60. The van der Waals surface area contributed by atoms with E-state index in [2.05, 4.69) is 15.0 Å². The van der Waals surface area contributed by atoms with Gasteiger partial charge < -0.3 is 14.4 Å². The van der Waals surface area contributed by atoms with Gasteiger partial charge in [0, 0.05) is 13.1 Å². The van der Waals surface area contributed by atoms with Crippen LogP contribution in [0.5, 0.6) is 0 Å². The van der Waals surface area contributed by atoms with Crippen LogP contribution >= 0.6 is 0 Å². The van der Waals surface area contributed by atoms with Crippen molar-refractivity contribution >= 4 is 0 Å². The van der Waals surface area contributed by atoms with Crippen molar-refractivity contribution in [1.29, 1.82) is 0 Å². The highest BCUT2D eigenvalue weighted by Crippen LogP contribution is 2.23. The lowest BCUT2D eigenvalue weighted by Gasteiger charge is -2.35. The van der Waals surface area contributed by atoms with Crippen LogP contribution in [0, 0.1) is 5.92 Å². The summed E-state index contributed by atoms with van der Waals surface area (Å²) in [4.78, 5) is 6.20. The first kappa shape index (κ1) is 12.5. The van der Waals surface area contributed by atoms with E-state index in [1.807, 2.05) is 13.8 Å². The first-order valence-electron chi connectivity index (χ1n) is 5.95. The van der Waals surface area contributed by atoms with Crippen LogP contribution in [-0.4, -0.2) is 52.6 Å². The molecule has 17 heavy (non-hydrogen) atoms. The summed E-state index contributed by atoms with van der Waals surface area (Å²) in [7, 11) is 0. The summed E-state index contributed by atoms with van der Waals surface area (Å²) in [6.07, 6.45) is 1.04. The van der Waals surface area contributed by atoms with E-state index in [0.29, 0.717) is 25.6 Å². The minimum absolute atomic E-state index is 0.0420. The molecule has 0 spiro atoms. The van der Waals surface area contributed by atoms with E-state index in [1.165, 1.54) is 6.33 Å². The van der Waals surface area contributed by atoms with Crippen molar-refractivity contribution in [2.24, 2.45) is 5.92 Å². The van der Waals surface area contributed by atoms with E-state index < -0.39 is 0 Å². The SMILES string of the molecule is CC(C)C(O)CN1CCOCC1c1ncno1. The molecule has 2 heterocycles. The van der Waals surface area contributed by atoms with Crippen molar-refractivity contribution in [1.82, 2.24) is 15.0 Å². The molecule has 0 aromatic carbocycles. The van der Waals surface area contributed by atoms with E-state index in [4.69, 9.17) is 9.26 Å². The quantitative estimate of drug-likeness (QED) is 0.825. The molecule has 1 N–H and O–H groups in total. The van der Waals surface area contributed by atoms with Gasteiger partial charge in [0.1, 0.15) is 6.04 Å². The first-order chi connectivity index (χ1) is 8.18. The van der Waals surface area contributed by atoms with Gasteiger partial charge in [-0.3, -0.25) is 4.90 Å². The molecule has 6 nitrogen and oxygen atoms in total. The van der Waals surface area contributed by atoms with Crippen LogP contribution < -0.4 is 0 Å². The smallest absolute Gasteiger partial charge is 0.246 e. The van der Waals surface area contributed by atoms with Crippen molar-refractivity contribution in [3.8, 4) is 0 Å². The van der Waals surface area contributed by atoms with Crippen molar-refractivity contribution in [3.05, 3.63) is 12.2 Å². The fourth-order valence-electron chi connectivity index (χ4n) is 1.86. The van der Waals surface area contributed by atoms with Crippen molar-refractivity contribution in [3.63, 3.8) is 0 Å². The number of β-amino-alcohol motifs (C(OH)–C–C–N with tert-alkyl or cyclic N) is 1. The number of nitrogens with zero attached hydrogens (tertiary/aromatic N) is 3. The summed E-state index contributed by atoms with van der Waals surface area (Å²) in [6, 6.07) is -0.0420. The molecule has 1 aromatic heterocycles. The third-order valence-electron chi connectivity index (χ3n) is 3.09. The third-order valence-corrected chi connectivity index (χ3v) is 3.09. The molecule has 1 aliphatic heterocycles. The first-order valence-corrected chi connectivity index (χ1v) is 5.95. The summed E-state index contributed by atoms with van der Waals surface area (Å²) < 4.78 is 10.5. The van der Waals surface area contributed by atoms with E-state index in [9.17, 15) is 5.11 Å². The second-order valence-electron chi connectivity index (χ2n) is 4.68. The molecule has 0 radical (unpaired) electrons. The lowest BCUT2D eigenvalue weighted by atomic mass is 10.1. The van der Waals surface area contributed by atoms with Crippen molar-refractivity contribution in [2.75, 3.05) is 26.3 Å². The number of hydrogen-bond acceptors (Lipinski definition) is 6. The fourth-order valence-corrected chi connectivity index (χ4v) is 1.86. The largest absolute Gasteiger partial charge is 0.392 e. The van der Waals surface area contributed by atoms with Crippen LogP contribution in [0.1, 0.15) is 25.8 Å². The molecular weight excluding hydrogens is 222 g/mol. The molecule has 2 unspecified atom stereocenters. The van der Waals surface area contributed by atoms with Gasteiger partial charge in [-0.25, -0.2) is 0 Å². The average Bonchev–Trinajstić information content (AvgIpc) is 2.83. The Morgan fingerprint density at radius 2 is 2.41 bits per heavy atom. The van der Waals surface area contributed by atoms with Crippen molar-refractivity contribution in [2.45, 2.75) is 26.0 Å². The molecule has 0 aliphatic carbocycles. The van der Waals surface area contributed by atoms with Gasteiger partial charge in [-0.2, -0.15) is 4.98 Å². The lowest BCUT2D eigenvalue weighted by Crippen LogP contribution is -2.44. The Morgan fingerprint density at radius 3 is 3.06 bits per heavy atom. The van der Waals surface area contributed by atoms with Gasteiger partial charge in [-0.05, 0) is 5.92 Å². The predicted molar refractivity (Wildman–Crippen MR) is 60.3 cm³/mol. The normalized spacial score (nSPS) is 24.1. The van der Waals surface area contributed by atoms with Crippen LogP contribution in [0.25, 0.3) is 0 Å². The van der Waals surface area contributed by atoms with Gasteiger partial charge in [0.05, 0.1) is 19.3 Å². The fraction of sp³-hybridized carbons (Fsp3) is 0.818. The molecule has 1 aromatic rings. The van der Waals surface area contributed by atoms with Gasteiger partial charge in [0.2, 0.25) is 5.89 Å². The molecule has 1 fully saturated rings. The zero-order valence-electron chi connectivity index (χ0n) is 10.2. The van der Waals surface area contributed by atoms with Crippen LogP contribution in [0.3, 0.4) is 0 Å². The Hall–Kier alpha value is -0.980. The van der Waals surface area contributed by atoms with Gasteiger partial charge in [-0.15, -0.1) is 0 Å². The molecule has 96 valence electrons.